The summed E-state index contributed by atoms with van der Waals surface area (Å²) in [5, 5.41) is 12.5. The van der Waals surface area contributed by atoms with Crippen molar-refractivity contribution in [1.82, 2.24) is 39.4 Å². The lowest BCUT2D eigenvalue weighted by Gasteiger charge is -2.32. The number of imidazole rings is 1. The predicted molar refractivity (Wildman–Crippen MR) is 175 cm³/mol. The number of nitrogens with two attached hydrogens (primary N) is 1. The van der Waals surface area contributed by atoms with Crippen molar-refractivity contribution in [2.45, 2.75) is 25.4 Å². The molecule has 6 aromatic rings. The van der Waals surface area contributed by atoms with Crippen LogP contribution in [0.15, 0.2) is 85.3 Å². The number of likely N-dealkylation sites (tertiary alicyclic amines) is 1. The van der Waals surface area contributed by atoms with Gasteiger partial charge in [-0.3, -0.25) is 9.47 Å². The number of anilines is 2. The molecule has 1 aliphatic heterocycles. The van der Waals surface area contributed by atoms with E-state index in [0.717, 1.165) is 38.2 Å². The van der Waals surface area contributed by atoms with Crippen molar-refractivity contribution in [3.05, 3.63) is 96.7 Å². The molecule has 0 aliphatic carbocycles. The van der Waals surface area contributed by atoms with Gasteiger partial charge in [0.15, 0.2) is 11.5 Å². The first-order chi connectivity index (χ1) is 23.7. The molecule has 1 aromatic carbocycles. The molecule has 0 bridgehead atoms. The molecule has 6 heterocycles. The molecular weight excluding hydrogens is 578 g/mol. The summed E-state index contributed by atoms with van der Waals surface area (Å²) >= 11 is 0. The van der Waals surface area contributed by atoms with Gasteiger partial charge in [-0.25, -0.2) is 29.9 Å². The van der Waals surface area contributed by atoms with Crippen molar-refractivity contribution in [2.24, 2.45) is 0 Å². The van der Waals surface area contributed by atoms with Gasteiger partial charge in [-0.2, -0.15) is 5.26 Å². The minimum Gasteiger partial charge on any atom is -0.481 e. The monoisotopic (exact) mass is 612 g/mol. The van der Waals surface area contributed by atoms with Gasteiger partial charge < -0.3 is 15.8 Å². The number of nitrogen functional groups attached to an aromatic ring is 1. The van der Waals surface area contributed by atoms with Crippen LogP contribution in [0.3, 0.4) is 0 Å². The van der Waals surface area contributed by atoms with Crippen molar-refractivity contribution in [1.29, 1.82) is 5.26 Å². The molecule has 0 saturated carbocycles. The lowest BCUT2D eigenvalue weighted by atomic mass is 10.0. The average molecular weight is 613 g/mol. The number of benzene rings is 1. The second kappa shape index (κ2) is 12.6. The highest BCUT2D eigenvalue weighted by atomic mass is 16.5. The second-order valence-corrected chi connectivity index (χ2v) is 11.0. The highest BCUT2D eigenvalue weighted by Crippen LogP contribution is 2.32. The van der Waals surface area contributed by atoms with Gasteiger partial charge in [0.25, 0.3) is 0 Å². The van der Waals surface area contributed by atoms with Crippen molar-refractivity contribution < 1.29 is 8.85 Å². The van der Waals surface area contributed by atoms with Gasteiger partial charge in [0, 0.05) is 61.6 Å². The number of rotatable bonds is 8. The Balaban J connectivity index is 1.13. The Kier molecular flexibility index (Phi) is 6.95. The number of methoxy groups -OCH3 is 1. The highest BCUT2D eigenvalue weighted by molar-refractivity contribution is 5.84. The number of ether oxygens (including phenoxy) is 1. The van der Waals surface area contributed by atoms with E-state index in [9.17, 15) is 0 Å². The van der Waals surface area contributed by atoms with E-state index in [1.807, 2.05) is 34.9 Å². The van der Waals surface area contributed by atoms with Crippen LogP contribution in [0.4, 0.5) is 11.6 Å². The Morgan fingerprint density at radius 2 is 1.85 bits per heavy atom. The van der Waals surface area contributed by atoms with E-state index >= 15 is 0 Å². The van der Waals surface area contributed by atoms with Crippen molar-refractivity contribution in [2.75, 3.05) is 31.2 Å². The fourth-order valence-corrected chi connectivity index (χ4v) is 5.69. The van der Waals surface area contributed by atoms with Crippen LogP contribution in [0, 0.1) is 11.3 Å². The molecular formula is C34H31N11O. The number of hydrogen-bond acceptors (Lipinski definition) is 11. The first kappa shape index (κ1) is 25.4. The van der Waals surface area contributed by atoms with Gasteiger partial charge in [-0.1, -0.05) is 12.1 Å². The third-order valence-electron chi connectivity index (χ3n) is 8.02. The number of nitriles is 1. The molecule has 7 rings (SSSR count). The maximum Gasteiger partial charge on any atom is 0.234 e. The Labute approximate surface area is 269 Å². The molecule has 46 heavy (non-hydrogen) atoms. The molecule has 228 valence electrons. The molecule has 0 atom stereocenters. The number of piperidine rings is 1. The molecule has 0 amide bonds. The van der Waals surface area contributed by atoms with Gasteiger partial charge in [-0.05, 0) is 66.9 Å². The standard InChI is InChI=1S/C34H31N11O/c1-46-31-11-6-23(20-39-31)27-9-10-28-34(41-27)45(33(42-28)26-3-2-15-38-32(26)36)25-7-4-22(5-8-25)21-44-17-13-24(14-18-44)40-29-12-16-37-30(19-35)43-29/h2-12,15-16,20,24H,13-14,17-18,21H2,1H3,(H2,36,38)(H,37,40,43)/i1D3. The number of hydrogen-bond donors (Lipinski definition) is 2. The van der Waals surface area contributed by atoms with Crippen molar-refractivity contribution >= 4 is 22.8 Å². The van der Waals surface area contributed by atoms with Gasteiger partial charge in [-0.15, -0.1) is 0 Å². The molecule has 12 heteroatoms. The topological polar surface area (TPSA) is 157 Å². The number of aromatic nitrogens is 7. The maximum absolute atomic E-state index is 9.08. The predicted octanol–water partition coefficient (Wildman–Crippen LogP) is 4.87. The first-order valence-corrected chi connectivity index (χ1v) is 14.8. The summed E-state index contributed by atoms with van der Waals surface area (Å²) in [5.41, 5.74) is 11.6. The summed E-state index contributed by atoms with van der Waals surface area (Å²) in [4.78, 5) is 29.0. The van der Waals surface area contributed by atoms with Crippen molar-refractivity contribution in [3.63, 3.8) is 0 Å². The summed E-state index contributed by atoms with van der Waals surface area (Å²) in [7, 11) is -2.59. The summed E-state index contributed by atoms with van der Waals surface area (Å²) in [6.45, 7) is 2.66. The number of fused-ring (bicyclic) bond motifs is 1. The lowest BCUT2D eigenvalue weighted by Crippen LogP contribution is -2.38. The lowest BCUT2D eigenvalue weighted by molar-refractivity contribution is 0.211. The van der Waals surface area contributed by atoms with E-state index in [-0.39, 0.29) is 17.7 Å². The summed E-state index contributed by atoms with van der Waals surface area (Å²) in [6.07, 6.45) is 6.69. The van der Waals surface area contributed by atoms with Gasteiger partial charge in [0.2, 0.25) is 11.7 Å². The third kappa shape index (κ3) is 5.91. The van der Waals surface area contributed by atoms with Crippen LogP contribution in [-0.2, 0) is 6.54 Å². The van der Waals surface area contributed by atoms with E-state index < -0.39 is 7.04 Å². The minimum absolute atomic E-state index is 0.00250. The summed E-state index contributed by atoms with van der Waals surface area (Å²) < 4.78 is 28.8. The number of pyridine rings is 3. The van der Waals surface area contributed by atoms with E-state index in [1.54, 1.807) is 24.5 Å². The molecule has 0 unspecified atom stereocenters. The summed E-state index contributed by atoms with van der Waals surface area (Å²) in [5.74, 6) is 1.81. The Morgan fingerprint density at radius 1 is 0.978 bits per heavy atom. The number of nitrogens with one attached hydrogen (secondary N) is 1. The Hall–Kier alpha value is -5.93. The van der Waals surface area contributed by atoms with Gasteiger partial charge in [0.1, 0.15) is 23.2 Å². The number of nitrogens with zero attached hydrogens (tertiary/aromatic N) is 9. The summed E-state index contributed by atoms with van der Waals surface area (Å²) in [6, 6.07) is 23.1. The fraction of sp³-hybridized carbons (Fsp3) is 0.206. The quantitative estimate of drug-likeness (QED) is 0.242. The highest BCUT2D eigenvalue weighted by Gasteiger charge is 2.21. The molecule has 1 fully saturated rings. The first-order valence-electron chi connectivity index (χ1n) is 16.3. The molecule has 1 saturated heterocycles. The molecule has 0 radical (unpaired) electrons. The minimum atomic E-state index is -2.59. The van der Waals surface area contributed by atoms with E-state index in [1.165, 1.54) is 17.8 Å². The van der Waals surface area contributed by atoms with Crippen LogP contribution >= 0.6 is 0 Å². The van der Waals surface area contributed by atoms with Crippen LogP contribution in [0.1, 0.15) is 28.3 Å². The van der Waals surface area contributed by atoms with E-state index in [0.29, 0.717) is 45.4 Å². The van der Waals surface area contributed by atoms with Crippen LogP contribution in [0.25, 0.3) is 39.5 Å². The van der Waals surface area contributed by atoms with Gasteiger partial charge >= 0.3 is 0 Å². The molecule has 5 aromatic heterocycles. The molecule has 0 spiro atoms. The van der Waals surface area contributed by atoms with Crippen LogP contribution < -0.4 is 15.8 Å². The van der Waals surface area contributed by atoms with E-state index in [4.69, 9.17) is 29.8 Å². The molecule has 3 N–H and O–H groups in total. The van der Waals surface area contributed by atoms with Crippen LogP contribution in [-0.4, -0.2) is 65.5 Å². The van der Waals surface area contributed by atoms with Crippen molar-refractivity contribution in [3.8, 4) is 40.3 Å². The van der Waals surface area contributed by atoms with Gasteiger partial charge in [0.05, 0.1) is 22.4 Å². The zero-order valence-corrected chi connectivity index (χ0v) is 24.7. The zero-order chi connectivity index (χ0) is 34.0. The normalized spacial score (nSPS) is 15.1. The second-order valence-electron chi connectivity index (χ2n) is 11.0. The maximum atomic E-state index is 9.08. The van der Waals surface area contributed by atoms with E-state index in [2.05, 4.69) is 54.4 Å². The smallest absolute Gasteiger partial charge is 0.234 e. The van der Waals surface area contributed by atoms with Crippen LogP contribution in [0.5, 0.6) is 5.88 Å². The Bertz CT molecular complexity index is 2140. The SMILES string of the molecule is [2H]C([2H])([2H])Oc1ccc(-c2ccc3nc(-c4cccnc4N)n(-c4ccc(CN5CCC(Nc6ccnc(C#N)n6)CC5)cc4)c3n2)cn1. The largest absolute Gasteiger partial charge is 0.481 e. The molecule has 1 aliphatic rings. The fourth-order valence-electron chi connectivity index (χ4n) is 5.69. The third-order valence-corrected chi connectivity index (χ3v) is 8.02. The zero-order valence-electron chi connectivity index (χ0n) is 27.7. The molecule has 12 nitrogen and oxygen atoms in total. The Morgan fingerprint density at radius 3 is 2.61 bits per heavy atom. The average Bonchev–Trinajstić information content (AvgIpc) is 3.48. The van der Waals surface area contributed by atoms with Crippen LogP contribution in [0.2, 0.25) is 0 Å².